The lowest BCUT2D eigenvalue weighted by atomic mass is 10.3. The number of amides is 2. The molecule has 0 aromatic heterocycles. The first-order valence-electron chi connectivity index (χ1n) is 4.57. The summed E-state index contributed by atoms with van der Waals surface area (Å²) >= 11 is 0. The summed E-state index contributed by atoms with van der Waals surface area (Å²) in [5.74, 6) is -1.39. The highest BCUT2D eigenvalue weighted by Gasteiger charge is 2.16. The Morgan fingerprint density at radius 3 is 2.47 bits per heavy atom. The van der Waals surface area contributed by atoms with E-state index in [1.165, 1.54) is 4.90 Å². The van der Waals surface area contributed by atoms with Crippen LogP contribution in [0, 0.1) is 0 Å². The van der Waals surface area contributed by atoms with Crippen LogP contribution in [0.2, 0.25) is 0 Å². The average molecular weight is 220 g/mol. The molecule has 0 aliphatic heterocycles. The molecule has 0 rings (SSSR count). The molecule has 0 heterocycles. The van der Waals surface area contributed by atoms with Gasteiger partial charge in [0.05, 0.1) is 13.2 Å². The Morgan fingerprint density at radius 2 is 2.07 bits per heavy atom. The Bertz CT molecular complexity index is 221. The molecule has 4 N–H and O–H groups in total. The number of likely N-dealkylation sites (N-methyl/N-ethyl adjacent to an activating group) is 1. The van der Waals surface area contributed by atoms with Gasteiger partial charge < -0.3 is 25.5 Å². The van der Waals surface area contributed by atoms with Gasteiger partial charge in [0, 0.05) is 13.1 Å². The van der Waals surface area contributed by atoms with Gasteiger partial charge in [-0.1, -0.05) is 0 Å². The third kappa shape index (κ3) is 5.18. The second kappa shape index (κ2) is 7.02. The molecule has 0 bridgehead atoms. The number of aliphatic hydroxyl groups excluding tert-OH is 2. The van der Waals surface area contributed by atoms with Crippen molar-refractivity contribution in [1.82, 2.24) is 10.2 Å². The van der Waals surface area contributed by atoms with Crippen LogP contribution >= 0.6 is 0 Å². The van der Waals surface area contributed by atoms with E-state index < -0.39 is 18.1 Å². The van der Waals surface area contributed by atoms with E-state index in [-0.39, 0.29) is 19.7 Å². The molecule has 0 aromatic rings. The summed E-state index contributed by atoms with van der Waals surface area (Å²) in [5.41, 5.74) is 0. The number of aliphatic carboxylic acids is 1. The first-order valence-corrected chi connectivity index (χ1v) is 4.57. The molecular weight excluding hydrogens is 204 g/mol. The van der Waals surface area contributed by atoms with Crippen molar-refractivity contribution in [1.29, 1.82) is 0 Å². The molecule has 0 aliphatic carbocycles. The van der Waals surface area contributed by atoms with Gasteiger partial charge in [0.25, 0.3) is 0 Å². The highest BCUT2D eigenvalue weighted by atomic mass is 16.4. The number of aliphatic hydroxyl groups is 2. The van der Waals surface area contributed by atoms with Gasteiger partial charge in [0.1, 0.15) is 0 Å². The van der Waals surface area contributed by atoms with Gasteiger partial charge in [-0.3, -0.25) is 0 Å². The van der Waals surface area contributed by atoms with Gasteiger partial charge in [-0.25, -0.2) is 9.59 Å². The lowest BCUT2D eigenvalue weighted by Gasteiger charge is -2.20. The highest BCUT2D eigenvalue weighted by Crippen LogP contribution is 1.89. The Kier molecular flexibility index (Phi) is 6.39. The smallest absolute Gasteiger partial charge is 0.334 e. The molecule has 15 heavy (non-hydrogen) atoms. The molecule has 0 aliphatic rings. The van der Waals surface area contributed by atoms with Crippen LogP contribution in [0.25, 0.3) is 0 Å². The van der Waals surface area contributed by atoms with Gasteiger partial charge in [-0.15, -0.1) is 0 Å². The summed E-state index contributed by atoms with van der Waals surface area (Å²) in [7, 11) is 0. The minimum absolute atomic E-state index is 0.164. The van der Waals surface area contributed by atoms with Gasteiger partial charge in [0.2, 0.25) is 0 Å². The zero-order valence-corrected chi connectivity index (χ0v) is 8.51. The van der Waals surface area contributed by atoms with Gasteiger partial charge in [0.15, 0.2) is 6.10 Å². The lowest BCUT2D eigenvalue weighted by Crippen LogP contribution is -2.45. The van der Waals surface area contributed by atoms with Crippen molar-refractivity contribution >= 4 is 12.0 Å². The molecule has 0 spiro atoms. The predicted octanol–water partition coefficient (Wildman–Crippen LogP) is -1.54. The van der Waals surface area contributed by atoms with Gasteiger partial charge in [-0.2, -0.15) is 0 Å². The number of nitrogens with zero attached hydrogens (tertiary/aromatic N) is 1. The van der Waals surface area contributed by atoms with Gasteiger partial charge >= 0.3 is 12.0 Å². The first-order chi connectivity index (χ1) is 7.02. The number of urea groups is 1. The monoisotopic (exact) mass is 220 g/mol. The summed E-state index contributed by atoms with van der Waals surface area (Å²) in [6.45, 7) is 1.78. The second-order valence-corrected chi connectivity index (χ2v) is 2.84. The van der Waals surface area contributed by atoms with Crippen LogP contribution < -0.4 is 5.32 Å². The van der Waals surface area contributed by atoms with E-state index in [2.05, 4.69) is 5.32 Å². The van der Waals surface area contributed by atoms with Crippen molar-refractivity contribution in [3.8, 4) is 0 Å². The van der Waals surface area contributed by atoms with Crippen LogP contribution in [0.15, 0.2) is 0 Å². The summed E-state index contributed by atoms with van der Waals surface area (Å²) in [5, 5.41) is 28.1. The molecule has 7 heteroatoms. The Morgan fingerprint density at radius 1 is 1.47 bits per heavy atom. The summed E-state index contributed by atoms with van der Waals surface area (Å²) < 4.78 is 0. The van der Waals surface area contributed by atoms with E-state index >= 15 is 0 Å². The third-order valence-corrected chi connectivity index (χ3v) is 1.77. The van der Waals surface area contributed by atoms with E-state index in [9.17, 15) is 9.59 Å². The topological polar surface area (TPSA) is 110 Å². The zero-order valence-electron chi connectivity index (χ0n) is 8.51. The van der Waals surface area contributed by atoms with Crippen LogP contribution in [0.4, 0.5) is 4.79 Å². The minimum atomic E-state index is -1.61. The van der Waals surface area contributed by atoms with Crippen LogP contribution in [0.3, 0.4) is 0 Å². The minimum Gasteiger partial charge on any atom is -0.479 e. The maximum absolute atomic E-state index is 11.3. The second-order valence-electron chi connectivity index (χ2n) is 2.84. The zero-order chi connectivity index (χ0) is 11.8. The van der Waals surface area contributed by atoms with E-state index in [4.69, 9.17) is 15.3 Å². The first kappa shape index (κ1) is 13.7. The van der Waals surface area contributed by atoms with Crippen LogP contribution in [0.1, 0.15) is 6.92 Å². The number of carbonyl (C=O) groups is 2. The van der Waals surface area contributed by atoms with E-state index in [1.807, 2.05) is 0 Å². The number of nitrogens with one attached hydrogen (secondary N) is 1. The molecule has 0 aromatic carbocycles. The van der Waals surface area contributed by atoms with E-state index in [1.54, 1.807) is 6.92 Å². The van der Waals surface area contributed by atoms with Crippen molar-refractivity contribution in [3.05, 3.63) is 0 Å². The maximum Gasteiger partial charge on any atom is 0.334 e. The molecule has 0 fully saturated rings. The largest absolute Gasteiger partial charge is 0.479 e. The number of rotatable bonds is 6. The SMILES string of the molecule is CCN(CCO)C(=O)NCC(O)C(=O)O. The Balaban J connectivity index is 3.95. The number of hydrogen-bond acceptors (Lipinski definition) is 4. The standard InChI is InChI=1S/C8H16N2O5/c1-2-10(3-4-11)8(15)9-5-6(12)7(13)14/h6,11-12H,2-5H2,1H3,(H,9,15)(H,13,14). The number of carboxylic acids is 1. The molecule has 1 unspecified atom stereocenters. The van der Waals surface area contributed by atoms with Crippen molar-refractivity contribution in [2.45, 2.75) is 13.0 Å². The predicted molar refractivity (Wildman–Crippen MR) is 51.4 cm³/mol. The molecule has 0 saturated heterocycles. The average Bonchev–Trinajstić information content (AvgIpc) is 2.21. The maximum atomic E-state index is 11.3. The van der Waals surface area contributed by atoms with E-state index in [0.717, 1.165) is 0 Å². The lowest BCUT2D eigenvalue weighted by molar-refractivity contribution is -0.146. The summed E-state index contributed by atoms with van der Waals surface area (Å²) in [4.78, 5) is 22.8. The normalized spacial score (nSPS) is 11.9. The molecule has 2 amide bonds. The fraction of sp³-hybridized carbons (Fsp3) is 0.750. The quantitative estimate of drug-likeness (QED) is 0.433. The Hall–Kier alpha value is -1.34. The highest BCUT2D eigenvalue weighted by molar-refractivity contribution is 5.76. The summed E-state index contributed by atoms with van der Waals surface area (Å²) in [6, 6.07) is -0.508. The van der Waals surface area contributed by atoms with Crippen molar-refractivity contribution in [3.63, 3.8) is 0 Å². The molecule has 88 valence electrons. The Labute approximate surface area is 87.3 Å². The summed E-state index contributed by atoms with van der Waals surface area (Å²) in [6.07, 6.45) is -1.61. The van der Waals surface area contributed by atoms with E-state index in [0.29, 0.717) is 6.54 Å². The molecule has 1 atom stereocenters. The molecule has 0 saturated carbocycles. The van der Waals surface area contributed by atoms with Crippen molar-refractivity contribution in [2.24, 2.45) is 0 Å². The number of carboxylic acid groups (broad SMARTS) is 1. The van der Waals surface area contributed by atoms with Crippen molar-refractivity contribution in [2.75, 3.05) is 26.2 Å². The fourth-order valence-corrected chi connectivity index (χ4v) is 0.907. The molecule has 0 radical (unpaired) electrons. The van der Waals surface area contributed by atoms with Crippen LogP contribution in [0.5, 0.6) is 0 Å². The fourth-order valence-electron chi connectivity index (χ4n) is 0.907. The molecular formula is C8H16N2O5. The third-order valence-electron chi connectivity index (χ3n) is 1.77. The number of hydrogen-bond donors (Lipinski definition) is 4. The van der Waals surface area contributed by atoms with Crippen molar-refractivity contribution < 1.29 is 24.9 Å². The van der Waals surface area contributed by atoms with Crippen LogP contribution in [-0.2, 0) is 4.79 Å². The molecule has 7 nitrogen and oxygen atoms in total. The van der Waals surface area contributed by atoms with Gasteiger partial charge in [-0.05, 0) is 6.92 Å². The number of carbonyl (C=O) groups excluding carboxylic acids is 1. The van der Waals surface area contributed by atoms with Crippen LogP contribution in [-0.4, -0.2) is 64.6 Å².